The first-order valence-corrected chi connectivity index (χ1v) is 17.7. The predicted octanol–water partition coefficient (Wildman–Crippen LogP) is 6.43. The fourth-order valence-corrected chi connectivity index (χ4v) is 7.57. The van der Waals surface area contributed by atoms with Gasteiger partial charge in [0.25, 0.3) is 10.0 Å². The number of methoxy groups -OCH3 is 1. The number of hydrogen-bond acceptors (Lipinski definition) is 5. The second-order valence-electron chi connectivity index (χ2n) is 12.2. The van der Waals surface area contributed by atoms with Crippen LogP contribution in [0.1, 0.15) is 48.8 Å². The standard InChI is InChI=1S/C38H42FN3O5S/c1-28-22-23-36(47-2)34(24-28)42(48(45,46)32-19-10-5-11-20-32)27-37(43)41(26-30-16-12-13-21-33(30)39)35(25-29-14-6-3-7-15-29)38(44)40-31-17-8-4-9-18-31/h3,5-7,10-16,19-24,31,35H,4,8-9,17-18,25-27H2,1-2H3,(H,40,44)/t35-/m1/s1. The van der Waals surface area contributed by atoms with Crippen molar-refractivity contribution >= 4 is 27.5 Å². The fraction of sp³-hybridized carbons (Fsp3) is 0.316. The van der Waals surface area contributed by atoms with Crippen LogP contribution in [0.25, 0.3) is 0 Å². The highest BCUT2D eigenvalue weighted by atomic mass is 32.2. The van der Waals surface area contributed by atoms with E-state index in [0.717, 1.165) is 47.5 Å². The van der Waals surface area contributed by atoms with Gasteiger partial charge < -0.3 is 15.0 Å². The Morgan fingerprint density at radius 1 is 0.896 bits per heavy atom. The SMILES string of the molecule is COc1ccc(C)cc1N(CC(=O)N(Cc1ccccc1F)[C@H](Cc1ccccc1)C(=O)NC1CCCCC1)S(=O)(=O)c1ccccc1. The first kappa shape index (κ1) is 34.6. The maximum absolute atomic E-state index is 15.2. The number of nitrogens with one attached hydrogen (secondary N) is 1. The third-order valence-corrected chi connectivity index (χ3v) is 10.5. The van der Waals surface area contributed by atoms with E-state index in [1.54, 1.807) is 54.6 Å². The predicted molar refractivity (Wildman–Crippen MR) is 185 cm³/mol. The van der Waals surface area contributed by atoms with Gasteiger partial charge in [0.15, 0.2) is 0 Å². The van der Waals surface area contributed by atoms with E-state index in [-0.39, 0.29) is 46.8 Å². The molecule has 10 heteroatoms. The van der Waals surface area contributed by atoms with Gasteiger partial charge in [0.1, 0.15) is 24.2 Å². The van der Waals surface area contributed by atoms with E-state index in [0.29, 0.717) is 0 Å². The Bertz CT molecular complexity index is 1800. The van der Waals surface area contributed by atoms with E-state index >= 15 is 4.39 Å². The molecule has 8 nitrogen and oxygen atoms in total. The first-order chi connectivity index (χ1) is 23.2. The normalized spacial score (nSPS) is 14.1. The van der Waals surface area contributed by atoms with Gasteiger partial charge in [-0.1, -0.05) is 92.1 Å². The Kier molecular flexibility index (Phi) is 11.5. The van der Waals surface area contributed by atoms with Crippen LogP contribution in [0, 0.1) is 12.7 Å². The molecule has 1 N–H and O–H groups in total. The minimum absolute atomic E-state index is 0.0158. The molecule has 0 saturated heterocycles. The maximum atomic E-state index is 15.2. The van der Waals surface area contributed by atoms with E-state index in [1.807, 2.05) is 37.3 Å². The van der Waals surface area contributed by atoms with Gasteiger partial charge in [-0.3, -0.25) is 13.9 Å². The van der Waals surface area contributed by atoms with Crippen molar-refractivity contribution in [2.45, 2.75) is 69.0 Å². The number of amides is 2. The zero-order valence-corrected chi connectivity index (χ0v) is 28.2. The Morgan fingerprint density at radius 3 is 2.21 bits per heavy atom. The Morgan fingerprint density at radius 2 is 1.54 bits per heavy atom. The van der Waals surface area contributed by atoms with Gasteiger partial charge in [0.2, 0.25) is 11.8 Å². The minimum atomic E-state index is -4.31. The maximum Gasteiger partial charge on any atom is 0.264 e. The molecule has 0 bridgehead atoms. The molecular weight excluding hydrogens is 629 g/mol. The molecule has 4 aromatic rings. The molecule has 5 rings (SSSR count). The number of benzene rings is 4. The third kappa shape index (κ3) is 8.41. The second kappa shape index (κ2) is 15.9. The lowest BCUT2D eigenvalue weighted by Gasteiger charge is -2.35. The van der Waals surface area contributed by atoms with Crippen LogP contribution in [0.2, 0.25) is 0 Å². The first-order valence-electron chi connectivity index (χ1n) is 16.3. The van der Waals surface area contributed by atoms with Crippen LogP contribution < -0.4 is 14.4 Å². The smallest absolute Gasteiger partial charge is 0.264 e. The summed E-state index contributed by atoms with van der Waals surface area (Å²) in [4.78, 5) is 30.2. The fourth-order valence-electron chi connectivity index (χ4n) is 6.14. The van der Waals surface area contributed by atoms with Crippen molar-refractivity contribution in [1.29, 1.82) is 0 Å². The van der Waals surface area contributed by atoms with Crippen LogP contribution in [-0.2, 0) is 32.6 Å². The molecule has 252 valence electrons. The van der Waals surface area contributed by atoms with Crippen LogP contribution >= 0.6 is 0 Å². The molecule has 1 fully saturated rings. The summed E-state index contributed by atoms with van der Waals surface area (Å²) in [7, 11) is -2.88. The molecule has 0 unspecified atom stereocenters. The van der Waals surface area contributed by atoms with E-state index in [1.165, 1.54) is 30.2 Å². The number of carbonyl (C=O) groups excluding carboxylic acids is 2. The van der Waals surface area contributed by atoms with Crippen LogP contribution in [-0.4, -0.2) is 50.9 Å². The number of hydrogen-bond donors (Lipinski definition) is 1. The highest BCUT2D eigenvalue weighted by molar-refractivity contribution is 7.92. The summed E-state index contributed by atoms with van der Waals surface area (Å²) < 4.78 is 50.4. The summed E-state index contributed by atoms with van der Waals surface area (Å²) in [6.07, 6.45) is 4.92. The topological polar surface area (TPSA) is 96.0 Å². The largest absolute Gasteiger partial charge is 0.495 e. The molecule has 4 aromatic carbocycles. The van der Waals surface area contributed by atoms with Crippen molar-refractivity contribution < 1.29 is 27.1 Å². The van der Waals surface area contributed by atoms with Gasteiger partial charge in [-0.25, -0.2) is 12.8 Å². The molecule has 0 heterocycles. The Hall–Kier alpha value is -4.70. The second-order valence-corrected chi connectivity index (χ2v) is 14.0. The van der Waals surface area contributed by atoms with E-state index in [2.05, 4.69) is 5.32 Å². The van der Waals surface area contributed by atoms with Crippen LogP contribution in [0.15, 0.2) is 108 Å². The number of halogens is 1. The van der Waals surface area contributed by atoms with Crippen LogP contribution in [0.4, 0.5) is 10.1 Å². The average Bonchev–Trinajstić information content (AvgIpc) is 3.10. The lowest BCUT2D eigenvalue weighted by molar-refractivity contribution is -0.140. The third-order valence-electron chi connectivity index (χ3n) is 8.73. The number of carbonyl (C=O) groups is 2. The van der Waals surface area contributed by atoms with Gasteiger partial charge in [-0.15, -0.1) is 0 Å². The number of anilines is 1. The molecule has 1 saturated carbocycles. The van der Waals surface area contributed by atoms with E-state index in [9.17, 15) is 18.0 Å². The van der Waals surface area contributed by atoms with Crippen molar-refractivity contribution in [3.05, 3.63) is 126 Å². The summed E-state index contributed by atoms with van der Waals surface area (Å²) >= 11 is 0. The van der Waals surface area contributed by atoms with Gasteiger partial charge in [0.05, 0.1) is 17.7 Å². The lowest BCUT2D eigenvalue weighted by Crippen LogP contribution is -2.55. The lowest BCUT2D eigenvalue weighted by atomic mass is 9.94. The zero-order valence-electron chi connectivity index (χ0n) is 27.3. The summed E-state index contributed by atoms with van der Waals surface area (Å²) in [5, 5.41) is 3.16. The van der Waals surface area contributed by atoms with E-state index in [4.69, 9.17) is 4.74 Å². The van der Waals surface area contributed by atoms with Crippen LogP contribution in [0.3, 0.4) is 0 Å². The molecule has 0 aromatic heterocycles. The summed E-state index contributed by atoms with van der Waals surface area (Å²) in [6, 6.07) is 27.2. The summed E-state index contributed by atoms with van der Waals surface area (Å²) in [5.41, 5.74) is 1.94. The number of ether oxygens (including phenoxy) is 1. The molecule has 2 amide bonds. The van der Waals surface area contributed by atoms with Crippen LogP contribution in [0.5, 0.6) is 5.75 Å². The monoisotopic (exact) mass is 671 g/mol. The molecule has 0 spiro atoms. The summed E-state index contributed by atoms with van der Waals surface area (Å²) in [5.74, 6) is -1.30. The van der Waals surface area contributed by atoms with E-state index < -0.39 is 34.3 Å². The number of aryl methyl sites for hydroxylation is 1. The zero-order chi connectivity index (χ0) is 34.1. The number of nitrogens with zero attached hydrogens (tertiary/aromatic N) is 2. The van der Waals surface area contributed by atoms with Gasteiger partial charge >= 0.3 is 0 Å². The molecule has 1 aliphatic carbocycles. The van der Waals surface area contributed by atoms with Crippen molar-refractivity contribution in [2.75, 3.05) is 18.0 Å². The van der Waals surface area contributed by atoms with Crippen molar-refractivity contribution in [3.8, 4) is 5.75 Å². The van der Waals surface area contributed by atoms with Crippen molar-refractivity contribution in [3.63, 3.8) is 0 Å². The molecule has 48 heavy (non-hydrogen) atoms. The molecule has 1 aliphatic rings. The number of rotatable bonds is 13. The summed E-state index contributed by atoms with van der Waals surface area (Å²) in [6.45, 7) is 0.910. The Labute approximate surface area is 282 Å². The minimum Gasteiger partial charge on any atom is -0.495 e. The van der Waals surface area contributed by atoms with Crippen molar-refractivity contribution in [2.24, 2.45) is 0 Å². The highest BCUT2D eigenvalue weighted by Crippen LogP contribution is 2.34. The molecule has 0 aliphatic heterocycles. The quantitative estimate of drug-likeness (QED) is 0.177. The highest BCUT2D eigenvalue weighted by Gasteiger charge is 2.36. The van der Waals surface area contributed by atoms with Crippen molar-refractivity contribution in [1.82, 2.24) is 10.2 Å². The number of sulfonamides is 1. The van der Waals surface area contributed by atoms with Gasteiger partial charge in [-0.2, -0.15) is 0 Å². The van der Waals surface area contributed by atoms with Gasteiger partial charge in [-0.05, 0) is 61.2 Å². The molecule has 0 radical (unpaired) electrons. The molecular formula is C38H42FN3O5S. The average molecular weight is 672 g/mol. The Balaban J connectivity index is 1.60. The molecule has 1 atom stereocenters. The van der Waals surface area contributed by atoms with Gasteiger partial charge in [0, 0.05) is 24.6 Å².